The lowest BCUT2D eigenvalue weighted by Gasteiger charge is -2.22. The summed E-state index contributed by atoms with van der Waals surface area (Å²) in [6.07, 6.45) is 2.26. The second-order valence-electron chi connectivity index (χ2n) is 7.65. The van der Waals surface area contributed by atoms with Crippen LogP contribution in [0.5, 0.6) is 0 Å². The number of carboxylic acids is 1. The van der Waals surface area contributed by atoms with Crippen molar-refractivity contribution in [3.63, 3.8) is 0 Å². The first-order valence-corrected chi connectivity index (χ1v) is 11.9. The second-order valence-corrected chi connectivity index (χ2v) is 9.81. The monoisotopic (exact) mass is 464 g/mol. The number of unbranched alkanes of at least 4 members (excludes halogenated alkanes) is 1. The lowest BCUT2D eigenvalue weighted by Crippen LogP contribution is -2.35. The highest BCUT2D eigenvalue weighted by Crippen LogP contribution is 2.28. The summed E-state index contributed by atoms with van der Waals surface area (Å²) in [5.41, 5.74) is 2.78. The summed E-state index contributed by atoms with van der Waals surface area (Å²) in [6.45, 7) is 1.92. The predicted octanol–water partition coefficient (Wildman–Crippen LogP) is 3.39. The van der Waals surface area contributed by atoms with E-state index in [0.717, 1.165) is 16.8 Å². The largest absolute Gasteiger partial charge is 0.481 e. The number of halogens is 1. The number of benzene rings is 2. The van der Waals surface area contributed by atoms with E-state index in [9.17, 15) is 18.0 Å². The number of hydrogen-bond acceptors (Lipinski definition) is 4. The molecule has 1 amide bonds. The molecule has 0 radical (unpaired) electrons. The molecule has 0 spiro atoms. The molecular formula is C22H25ClN2O5S. The van der Waals surface area contributed by atoms with Gasteiger partial charge in [-0.25, -0.2) is 13.1 Å². The van der Waals surface area contributed by atoms with Crippen LogP contribution in [0.3, 0.4) is 0 Å². The van der Waals surface area contributed by atoms with Crippen LogP contribution in [-0.4, -0.2) is 38.0 Å². The Balaban J connectivity index is 1.67. The third-order valence-corrected chi connectivity index (χ3v) is 7.07. The van der Waals surface area contributed by atoms with E-state index >= 15 is 0 Å². The Labute approximate surface area is 187 Å². The Morgan fingerprint density at radius 3 is 2.42 bits per heavy atom. The van der Waals surface area contributed by atoms with Gasteiger partial charge in [-0.3, -0.25) is 9.59 Å². The Bertz CT molecular complexity index is 1070. The number of anilines is 1. The zero-order valence-corrected chi connectivity index (χ0v) is 18.7. The van der Waals surface area contributed by atoms with Gasteiger partial charge < -0.3 is 10.0 Å². The van der Waals surface area contributed by atoms with E-state index in [1.807, 2.05) is 18.2 Å². The molecular weight excluding hydrogens is 440 g/mol. The summed E-state index contributed by atoms with van der Waals surface area (Å²) in [7, 11) is -3.66. The Kier molecular flexibility index (Phi) is 7.35. The number of sulfonamides is 1. The molecule has 1 aliphatic carbocycles. The van der Waals surface area contributed by atoms with Crippen molar-refractivity contribution in [1.29, 1.82) is 0 Å². The van der Waals surface area contributed by atoms with Crippen LogP contribution in [-0.2, 0) is 32.5 Å². The van der Waals surface area contributed by atoms with Gasteiger partial charge in [-0.2, -0.15) is 0 Å². The van der Waals surface area contributed by atoms with E-state index in [0.29, 0.717) is 37.3 Å². The van der Waals surface area contributed by atoms with Crippen molar-refractivity contribution in [2.75, 3.05) is 11.4 Å². The lowest BCUT2D eigenvalue weighted by atomic mass is 10.1. The van der Waals surface area contributed by atoms with Gasteiger partial charge in [0.15, 0.2) is 0 Å². The molecule has 2 N–H and O–H groups in total. The highest BCUT2D eigenvalue weighted by Gasteiger charge is 2.27. The van der Waals surface area contributed by atoms with Gasteiger partial charge >= 0.3 is 5.97 Å². The van der Waals surface area contributed by atoms with E-state index in [1.165, 1.54) is 19.1 Å². The third-order valence-electron chi connectivity index (χ3n) is 5.28. The van der Waals surface area contributed by atoms with Crippen LogP contribution in [0.2, 0.25) is 5.02 Å². The molecule has 1 aliphatic rings. The fraction of sp³-hybridized carbons (Fsp3) is 0.364. The maximum Gasteiger partial charge on any atom is 0.303 e. The molecule has 2 aromatic carbocycles. The fourth-order valence-corrected chi connectivity index (χ4v) is 5.13. The summed E-state index contributed by atoms with van der Waals surface area (Å²) in [5.74, 6) is -0.965. The molecule has 166 valence electrons. The van der Waals surface area contributed by atoms with Gasteiger partial charge in [-0.1, -0.05) is 17.7 Å². The fourth-order valence-electron chi connectivity index (χ4n) is 3.77. The van der Waals surface area contributed by atoms with Crippen LogP contribution in [0.25, 0.3) is 0 Å². The average Bonchev–Trinajstić information content (AvgIpc) is 3.08. The molecule has 0 saturated carbocycles. The molecule has 1 unspecified atom stereocenters. The maximum atomic E-state index is 12.7. The van der Waals surface area contributed by atoms with Gasteiger partial charge in [-0.05, 0) is 73.2 Å². The Hall–Kier alpha value is -2.42. The zero-order valence-electron chi connectivity index (χ0n) is 17.2. The van der Waals surface area contributed by atoms with Gasteiger partial charge in [0.25, 0.3) is 0 Å². The summed E-state index contributed by atoms with van der Waals surface area (Å²) in [4.78, 5) is 24.6. The summed E-state index contributed by atoms with van der Waals surface area (Å²) in [6, 6.07) is 11.5. The first-order valence-electron chi connectivity index (χ1n) is 10.1. The summed E-state index contributed by atoms with van der Waals surface area (Å²) >= 11 is 5.84. The lowest BCUT2D eigenvalue weighted by molar-refractivity contribution is -0.137. The van der Waals surface area contributed by atoms with E-state index in [-0.39, 0.29) is 23.3 Å². The Morgan fingerprint density at radius 1 is 1.10 bits per heavy atom. The van der Waals surface area contributed by atoms with Crippen molar-refractivity contribution in [2.24, 2.45) is 0 Å². The predicted molar refractivity (Wildman–Crippen MR) is 119 cm³/mol. The molecule has 7 nitrogen and oxygen atoms in total. The minimum Gasteiger partial charge on any atom is -0.481 e. The minimum absolute atomic E-state index is 0.0748. The van der Waals surface area contributed by atoms with Gasteiger partial charge in [0, 0.05) is 36.6 Å². The van der Waals surface area contributed by atoms with E-state index < -0.39 is 16.0 Å². The molecule has 3 rings (SSSR count). The van der Waals surface area contributed by atoms with Crippen LogP contribution >= 0.6 is 11.6 Å². The van der Waals surface area contributed by atoms with Crippen LogP contribution < -0.4 is 9.62 Å². The molecule has 2 aromatic rings. The van der Waals surface area contributed by atoms with Crippen molar-refractivity contribution in [3.05, 3.63) is 58.6 Å². The smallest absolute Gasteiger partial charge is 0.303 e. The SMILES string of the molecule is CC(=O)N(CCCCC(=O)O)c1ccc2c(c1)CC(NS(=O)(=O)c1ccc(Cl)cc1)C2. The standard InChI is InChI=1S/C22H25ClN2O5S/c1-15(26)25(11-3-2-4-22(27)28)20-8-5-16-12-19(13-17(16)14-20)24-31(29,30)21-9-6-18(23)7-10-21/h5-10,14,19,24H,2-4,11-13H2,1H3,(H,27,28). The van der Waals surface area contributed by atoms with Crippen LogP contribution in [0.15, 0.2) is 47.4 Å². The molecule has 31 heavy (non-hydrogen) atoms. The van der Waals surface area contributed by atoms with Crippen LogP contribution in [0.4, 0.5) is 5.69 Å². The quantitative estimate of drug-likeness (QED) is 0.553. The molecule has 0 heterocycles. The molecule has 0 aromatic heterocycles. The van der Waals surface area contributed by atoms with E-state index in [1.54, 1.807) is 17.0 Å². The van der Waals surface area contributed by atoms with E-state index in [2.05, 4.69) is 4.72 Å². The maximum absolute atomic E-state index is 12.7. The number of nitrogens with zero attached hydrogens (tertiary/aromatic N) is 1. The number of aliphatic carboxylic acids is 1. The number of carbonyl (C=O) groups excluding carboxylic acids is 1. The molecule has 0 saturated heterocycles. The van der Waals surface area contributed by atoms with Gasteiger partial charge in [0.2, 0.25) is 15.9 Å². The molecule has 0 bridgehead atoms. The number of carbonyl (C=O) groups is 2. The van der Waals surface area contributed by atoms with Crippen LogP contribution in [0.1, 0.15) is 37.3 Å². The van der Waals surface area contributed by atoms with Crippen molar-refractivity contribution in [2.45, 2.75) is 50.0 Å². The topological polar surface area (TPSA) is 104 Å². The van der Waals surface area contributed by atoms with Crippen LogP contribution in [0, 0.1) is 0 Å². The number of nitrogens with one attached hydrogen (secondary N) is 1. The highest BCUT2D eigenvalue weighted by atomic mass is 35.5. The first kappa shape index (κ1) is 23.2. The summed E-state index contributed by atoms with van der Waals surface area (Å²) < 4.78 is 28.1. The first-order chi connectivity index (χ1) is 14.7. The summed E-state index contributed by atoms with van der Waals surface area (Å²) in [5, 5.41) is 9.24. The molecule has 0 aliphatic heterocycles. The minimum atomic E-state index is -3.66. The van der Waals surface area contributed by atoms with Crippen molar-refractivity contribution in [3.8, 4) is 0 Å². The van der Waals surface area contributed by atoms with Gasteiger partial charge in [0.05, 0.1) is 4.90 Å². The number of rotatable bonds is 9. The highest BCUT2D eigenvalue weighted by molar-refractivity contribution is 7.89. The van der Waals surface area contributed by atoms with Crippen molar-refractivity contribution < 1.29 is 23.1 Å². The Morgan fingerprint density at radius 2 is 1.77 bits per heavy atom. The van der Waals surface area contributed by atoms with Crippen molar-refractivity contribution >= 4 is 39.2 Å². The normalized spacial score (nSPS) is 15.5. The number of hydrogen-bond donors (Lipinski definition) is 2. The van der Waals surface area contributed by atoms with Gasteiger partial charge in [-0.15, -0.1) is 0 Å². The number of carboxylic acid groups (broad SMARTS) is 1. The second kappa shape index (κ2) is 9.80. The van der Waals surface area contributed by atoms with Gasteiger partial charge in [0.1, 0.15) is 0 Å². The average molecular weight is 465 g/mol. The third kappa shape index (κ3) is 6.06. The zero-order chi connectivity index (χ0) is 22.6. The molecule has 0 fully saturated rings. The number of amides is 1. The molecule has 9 heteroatoms. The van der Waals surface area contributed by atoms with E-state index in [4.69, 9.17) is 16.7 Å². The van der Waals surface area contributed by atoms with Crippen molar-refractivity contribution in [1.82, 2.24) is 4.72 Å². The molecule has 1 atom stereocenters. The number of fused-ring (bicyclic) bond motifs is 1.